The fourth-order valence-electron chi connectivity index (χ4n) is 9.19. The minimum absolute atomic E-state index is 0.577. The molecule has 0 unspecified atom stereocenters. The van der Waals surface area contributed by atoms with Gasteiger partial charge in [-0.3, -0.25) is 0 Å². The van der Waals surface area contributed by atoms with Crippen LogP contribution < -0.4 is 9.64 Å². The van der Waals surface area contributed by atoms with Crippen LogP contribution in [0.5, 0.6) is 11.5 Å². The molecule has 0 radical (unpaired) electrons. The SMILES string of the molecule is c1ccc(-c2ccc(N(c3ccc4c(c3)C3(c5ccccc5Oc5ccccc53)c3ccccc3-4)c3ccc4c(c3)oc3c5ccccc5oc43)cc2)cc1. The van der Waals surface area contributed by atoms with Crippen LogP contribution in [0.3, 0.4) is 0 Å². The third-order valence-electron chi connectivity index (χ3n) is 11.6. The van der Waals surface area contributed by atoms with Gasteiger partial charge in [0, 0.05) is 34.3 Å². The Morgan fingerprint density at radius 1 is 0.364 bits per heavy atom. The Morgan fingerprint density at radius 2 is 0.909 bits per heavy atom. The summed E-state index contributed by atoms with van der Waals surface area (Å²) in [5.74, 6) is 1.76. The van der Waals surface area contributed by atoms with Crippen molar-refractivity contribution in [3.8, 4) is 33.8 Å². The normalized spacial score (nSPS) is 13.4. The van der Waals surface area contributed by atoms with Gasteiger partial charge < -0.3 is 18.5 Å². The highest BCUT2D eigenvalue weighted by Crippen LogP contribution is 2.62. The summed E-state index contributed by atoms with van der Waals surface area (Å²) in [6.45, 7) is 0. The zero-order valence-corrected chi connectivity index (χ0v) is 29.6. The van der Waals surface area contributed by atoms with Gasteiger partial charge in [0.25, 0.3) is 0 Å². The van der Waals surface area contributed by atoms with Gasteiger partial charge in [0.2, 0.25) is 0 Å². The van der Waals surface area contributed by atoms with E-state index in [0.717, 1.165) is 78.4 Å². The highest BCUT2D eigenvalue weighted by atomic mass is 16.5. The van der Waals surface area contributed by atoms with Gasteiger partial charge in [0.1, 0.15) is 22.7 Å². The molecule has 1 aliphatic heterocycles. The molecule has 0 atom stereocenters. The van der Waals surface area contributed by atoms with E-state index in [1.165, 1.54) is 27.8 Å². The van der Waals surface area contributed by atoms with Crippen molar-refractivity contribution in [3.05, 3.63) is 210 Å². The molecular weight excluding hydrogens is 675 g/mol. The monoisotopic (exact) mass is 705 g/mol. The lowest BCUT2D eigenvalue weighted by molar-refractivity contribution is 0.436. The van der Waals surface area contributed by atoms with Gasteiger partial charge in [-0.2, -0.15) is 0 Å². The molecule has 4 nitrogen and oxygen atoms in total. The predicted octanol–water partition coefficient (Wildman–Crippen LogP) is 13.9. The predicted molar refractivity (Wildman–Crippen MR) is 221 cm³/mol. The molecule has 10 aromatic rings. The van der Waals surface area contributed by atoms with E-state index in [4.69, 9.17) is 13.6 Å². The number of ether oxygens (including phenoxy) is 1. The van der Waals surface area contributed by atoms with Crippen LogP contribution in [0.15, 0.2) is 197 Å². The first-order chi connectivity index (χ1) is 27.3. The van der Waals surface area contributed by atoms with Crippen LogP contribution in [0.1, 0.15) is 22.3 Å². The second kappa shape index (κ2) is 11.3. The largest absolute Gasteiger partial charge is 0.457 e. The van der Waals surface area contributed by atoms with Gasteiger partial charge >= 0.3 is 0 Å². The Bertz CT molecular complexity index is 3090. The summed E-state index contributed by atoms with van der Waals surface area (Å²) in [6.07, 6.45) is 0. The Morgan fingerprint density at radius 3 is 1.69 bits per heavy atom. The zero-order chi connectivity index (χ0) is 36.1. The maximum absolute atomic E-state index is 6.62. The molecule has 3 heterocycles. The first kappa shape index (κ1) is 30.2. The lowest BCUT2D eigenvalue weighted by Crippen LogP contribution is -2.32. The Balaban J connectivity index is 1.10. The van der Waals surface area contributed by atoms with E-state index in [1.54, 1.807) is 0 Å². The van der Waals surface area contributed by atoms with Crippen LogP contribution in [0.2, 0.25) is 0 Å². The standard InChI is InChI=1S/C51H31NO3/c1-2-12-32(13-3-1)33-22-24-34(25-23-33)52(36-27-29-40-48(31-36)55-49-39-15-5-9-19-45(39)54-50(40)49)35-26-28-38-37-14-4-6-16-41(37)51(44(38)30-35)42-17-7-10-20-46(42)53-47-21-11-8-18-43(47)51/h1-31H. The highest BCUT2D eigenvalue weighted by molar-refractivity contribution is 6.13. The summed E-state index contributed by atoms with van der Waals surface area (Å²) in [7, 11) is 0. The maximum Gasteiger partial charge on any atom is 0.181 e. The van der Waals surface area contributed by atoms with Gasteiger partial charge in [0.05, 0.1) is 16.2 Å². The number of hydrogen-bond donors (Lipinski definition) is 0. The molecule has 0 saturated carbocycles. The van der Waals surface area contributed by atoms with Gasteiger partial charge in [-0.25, -0.2) is 0 Å². The molecule has 4 heteroatoms. The summed E-state index contributed by atoms with van der Waals surface area (Å²) in [6, 6.07) is 66.7. The van der Waals surface area contributed by atoms with Crippen LogP contribution in [0, 0.1) is 0 Å². The average Bonchev–Trinajstić information content (AvgIpc) is 3.88. The number of rotatable bonds is 4. The number of hydrogen-bond acceptors (Lipinski definition) is 4. The van der Waals surface area contributed by atoms with Crippen molar-refractivity contribution in [2.75, 3.05) is 4.90 Å². The lowest BCUT2D eigenvalue weighted by Gasteiger charge is -2.39. The van der Waals surface area contributed by atoms with Crippen LogP contribution in [-0.2, 0) is 5.41 Å². The molecule has 8 aromatic carbocycles. The minimum atomic E-state index is -0.577. The Labute approximate surface area is 317 Å². The maximum atomic E-state index is 6.62. The molecule has 1 spiro atoms. The van der Waals surface area contributed by atoms with Crippen molar-refractivity contribution < 1.29 is 13.6 Å². The van der Waals surface area contributed by atoms with E-state index in [1.807, 2.05) is 18.2 Å². The number of benzene rings is 8. The average molecular weight is 706 g/mol. The van der Waals surface area contributed by atoms with Gasteiger partial charge in [-0.05, 0) is 94.0 Å². The zero-order valence-electron chi connectivity index (χ0n) is 29.6. The van der Waals surface area contributed by atoms with E-state index >= 15 is 0 Å². The van der Waals surface area contributed by atoms with Gasteiger partial charge in [-0.15, -0.1) is 0 Å². The highest BCUT2D eigenvalue weighted by Gasteiger charge is 2.51. The summed E-state index contributed by atoms with van der Waals surface area (Å²) in [4.78, 5) is 2.34. The second-order valence-electron chi connectivity index (χ2n) is 14.4. The van der Waals surface area contributed by atoms with E-state index < -0.39 is 5.41 Å². The summed E-state index contributed by atoms with van der Waals surface area (Å²) >= 11 is 0. The van der Waals surface area contributed by atoms with E-state index in [0.29, 0.717) is 0 Å². The van der Waals surface area contributed by atoms with Crippen LogP contribution in [0.4, 0.5) is 17.1 Å². The summed E-state index contributed by atoms with van der Waals surface area (Å²) in [5, 5.41) is 1.93. The molecule has 1 aliphatic carbocycles. The van der Waals surface area contributed by atoms with Gasteiger partial charge in [-0.1, -0.05) is 121 Å². The van der Waals surface area contributed by atoms with Crippen molar-refractivity contribution in [1.29, 1.82) is 0 Å². The third kappa shape index (κ3) is 4.22. The fraction of sp³-hybridized carbons (Fsp3) is 0.0196. The minimum Gasteiger partial charge on any atom is -0.457 e. The molecule has 258 valence electrons. The summed E-state index contributed by atoms with van der Waals surface area (Å²) < 4.78 is 19.5. The molecule has 0 fully saturated rings. The second-order valence-corrected chi connectivity index (χ2v) is 14.4. The van der Waals surface area contributed by atoms with Crippen molar-refractivity contribution in [2.45, 2.75) is 5.41 Å². The van der Waals surface area contributed by atoms with Crippen LogP contribution >= 0.6 is 0 Å². The quantitative estimate of drug-likeness (QED) is 0.183. The van der Waals surface area contributed by atoms with Gasteiger partial charge in [0.15, 0.2) is 11.2 Å². The van der Waals surface area contributed by atoms with E-state index in [2.05, 4.69) is 175 Å². The molecule has 2 aliphatic rings. The van der Waals surface area contributed by atoms with Crippen LogP contribution in [-0.4, -0.2) is 0 Å². The first-order valence-corrected chi connectivity index (χ1v) is 18.7. The summed E-state index contributed by atoms with van der Waals surface area (Å²) in [5.41, 5.74) is 15.2. The molecule has 2 aromatic heterocycles. The molecule has 0 saturated heterocycles. The number of para-hydroxylation sites is 3. The number of furan rings is 2. The smallest absolute Gasteiger partial charge is 0.181 e. The molecule has 0 amide bonds. The molecular formula is C51H31NO3. The van der Waals surface area contributed by atoms with Crippen molar-refractivity contribution in [2.24, 2.45) is 0 Å². The lowest BCUT2D eigenvalue weighted by atomic mass is 9.66. The first-order valence-electron chi connectivity index (χ1n) is 18.7. The van der Waals surface area contributed by atoms with E-state index in [9.17, 15) is 0 Å². The third-order valence-corrected chi connectivity index (χ3v) is 11.6. The van der Waals surface area contributed by atoms with Crippen molar-refractivity contribution >= 4 is 50.2 Å². The van der Waals surface area contributed by atoms with Crippen molar-refractivity contribution in [3.63, 3.8) is 0 Å². The topological polar surface area (TPSA) is 38.8 Å². The molecule has 55 heavy (non-hydrogen) atoms. The number of anilines is 3. The molecule has 12 rings (SSSR count). The van der Waals surface area contributed by atoms with Crippen LogP contribution in [0.25, 0.3) is 55.4 Å². The van der Waals surface area contributed by atoms with E-state index in [-0.39, 0.29) is 0 Å². The Hall–Kier alpha value is -7.30. The van der Waals surface area contributed by atoms with Crippen molar-refractivity contribution in [1.82, 2.24) is 0 Å². The number of nitrogens with zero attached hydrogens (tertiary/aromatic N) is 1. The Kier molecular flexibility index (Phi) is 6.23. The molecule has 0 N–H and O–H groups in total. The fourth-order valence-corrected chi connectivity index (χ4v) is 9.19. The molecule has 0 bridgehead atoms. The number of fused-ring (bicyclic) bond motifs is 14.